The zero-order chi connectivity index (χ0) is 7.11. The molecule has 0 spiro atoms. The highest BCUT2D eigenvalue weighted by Crippen LogP contribution is 1.87. The molecule has 0 aromatic heterocycles. The fourth-order valence-electron chi connectivity index (χ4n) is 0.855. The van der Waals surface area contributed by atoms with Crippen LogP contribution in [0.15, 0.2) is 0 Å². The van der Waals surface area contributed by atoms with Gasteiger partial charge in [-0.1, -0.05) is 13.8 Å². The number of rotatable bonds is 5. The zero-order valence-corrected chi connectivity index (χ0v) is 6.56. The summed E-state index contributed by atoms with van der Waals surface area (Å²) in [7, 11) is 0. The number of hydrogen-bond donors (Lipinski definition) is 1. The Bertz CT molecular complexity index is 55.6. The fourth-order valence-corrected chi connectivity index (χ4v) is 0.855. The minimum absolute atomic E-state index is 0. The molecule has 0 aromatic carbocycles. The zero-order valence-electron chi connectivity index (χ0n) is 6.56. The van der Waals surface area contributed by atoms with E-state index in [1.807, 2.05) is 0 Å². The van der Waals surface area contributed by atoms with Crippen molar-refractivity contribution in [2.75, 3.05) is 26.2 Å². The van der Waals surface area contributed by atoms with E-state index in [4.69, 9.17) is 5.73 Å². The van der Waals surface area contributed by atoms with Crippen LogP contribution < -0.4 is 5.73 Å². The molecule has 0 aliphatic heterocycles. The lowest BCUT2D eigenvalue weighted by atomic mass is 10.4. The van der Waals surface area contributed by atoms with E-state index >= 15 is 0 Å². The summed E-state index contributed by atoms with van der Waals surface area (Å²) in [6, 6.07) is 0. The van der Waals surface area contributed by atoms with Crippen molar-refractivity contribution in [3.8, 4) is 0 Å². The van der Waals surface area contributed by atoms with Gasteiger partial charge in [0.05, 0.1) is 0 Å². The molecule has 0 atom stereocenters. The third-order valence-electron chi connectivity index (χ3n) is 1.57. The maximum Gasteiger partial charge on any atom is 0 e. The molecule has 0 aliphatic rings. The van der Waals surface area contributed by atoms with Gasteiger partial charge in [-0.15, -0.1) is 0 Å². The normalized spacial score (nSPS) is 10.7. The van der Waals surface area contributed by atoms with Crippen molar-refractivity contribution < 1.29 is 1.43 Å². The molecule has 0 unspecified atom stereocenters. The first-order chi connectivity index (χ1) is 4.35. The highest BCUT2D eigenvalue weighted by atomic mass is 15.1. The van der Waals surface area contributed by atoms with Gasteiger partial charge in [0, 0.05) is 1.43 Å². The third kappa shape index (κ3) is 4.43. The van der Waals surface area contributed by atoms with Crippen molar-refractivity contribution in [1.82, 2.24) is 4.90 Å². The number of hydrogen-bond acceptors (Lipinski definition) is 2. The molecule has 0 aliphatic carbocycles. The minimum atomic E-state index is 0. The van der Waals surface area contributed by atoms with Crippen LogP contribution in [0.2, 0.25) is 0 Å². The molecule has 2 heteroatoms. The van der Waals surface area contributed by atoms with Crippen molar-refractivity contribution in [1.29, 1.82) is 0 Å². The van der Waals surface area contributed by atoms with E-state index < -0.39 is 0 Å². The molecular formula is C7H20N2. The second kappa shape index (κ2) is 6.05. The molecule has 2 nitrogen and oxygen atoms in total. The van der Waals surface area contributed by atoms with Crippen LogP contribution in [0.4, 0.5) is 0 Å². The molecule has 0 saturated heterocycles. The highest BCUT2D eigenvalue weighted by molar-refractivity contribution is 4.51. The third-order valence-corrected chi connectivity index (χ3v) is 1.57. The van der Waals surface area contributed by atoms with E-state index in [1.54, 1.807) is 0 Å². The molecule has 0 rings (SSSR count). The van der Waals surface area contributed by atoms with E-state index in [1.165, 1.54) is 0 Å². The summed E-state index contributed by atoms with van der Waals surface area (Å²) in [4.78, 5) is 2.38. The molecule has 0 bridgehead atoms. The minimum Gasteiger partial charge on any atom is -0.330 e. The average Bonchev–Trinajstić information content (AvgIpc) is 1.91. The summed E-state index contributed by atoms with van der Waals surface area (Å²) in [6.07, 6.45) is 1.13. The van der Waals surface area contributed by atoms with E-state index in [0.717, 1.165) is 32.6 Å². The molecule has 2 N–H and O–H groups in total. The molecule has 0 amide bonds. The highest BCUT2D eigenvalue weighted by Gasteiger charge is 1.94. The van der Waals surface area contributed by atoms with E-state index in [9.17, 15) is 0 Å². The Hall–Kier alpha value is -0.0800. The van der Waals surface area contributed by atoms with Gasteiger partial charge in [-0.3, -0.25) is 0 Å². The first-order valence-electron chi connectivity index (χ1n) is 3.77. The van der Waals surface area contributed by atoms with Crippen LogP contribution in [-0.2, 0) is 0 Å². The van der Waals surface area contributed by atoms with Crippen LogP contribution in [0.25, 0.3) is 0 Å². The van der Waals surface area contributed by atoms with Crippen LogP contribution in [0, 0.1) is 0 Å². The second-order valence-electron chi connectivity index (χ2n) is 2.17. The Morgan fingerprint density at radius 3 is 2.22 bits per heavy atom. The lowest BCUT2D eigenvalue weighted by Crippen LogP contribution is -2.25. The van der Waals surface area contributed by atoms with Gasteiger partial charge >= 0.3 is 0 Å². The Kier molecular flexibility index (Phi) is 5.99. The molecule has 58 valence electrons. The predicted octanol–water partition coefficient (Wildman–Crippen LogP) is 0.923. The first kappa shape index (κ1) is 8.92. The molecule has 0 heterocycles. The van der Waals surface area contributed by atoms with E-state index in [2.05, 4.69) is 18.7 Å². The monoisotopic (exact) mass is 132 g/mol. The Labute approximate surface area is 59.5 Å². The Balaban J connectivity index is 0. The van der Waals surface area contributed by atoms with Crippen molar-refractivity contribution in [2.24, 2.45) is 5.73 Å². The van der Waals surface area contributed by atoms with Crippen molar-refractivity contribution in [3.63, 3.8) is 0 Å². The summed E-state index contributed by atoms with van der Waals surface area (Å²) in [5.74, 6) is 0. The summed E-state index contributed by atoms with van der Waals surface area (Å²) < 4.78 is 0. The molecule has 0 saturated carbocycles. The van der Waals surface area contributed by atoms with Gasteiger partial charge in [0.2, 0.25) is 0 Å². The smallest absolute Gasteiger partial charge is 0 e. The molecule has 0 fully saturated rings. The van der Waals surface area contributed by atoms with Gasteiger partial charge < -0.3 is 10.6 Å². The standard InChI is InChI=1S/C7H18N2.H2/c1-3-9(4-2)7-5-6-8;/h3-8H2,1-2H3;1H. The quantitative estimate of drug-likeness (QED) is 0.603. The van der Waals surface area contributed by atoms with Crippen molar-refractivity contribution in [2.45, 2.75) is 20.3 Å². The summed E-state index contributed by atoms with van der Waals surface area (Å²) in [5.41, 5.74) is 5.36. The van der Waals surface area contributed by atoms with Gasteiger partial charge in [0.15, 0.2) is 0 Å². The SMILES string of the molecule is CCN(CC)CCCN.[HH]. The number of nitrogens with two attached hydrogens (primary N) is 1. The lowest BCUT2D eigenvalue weighted by Gasteiger charge is -2.16. The van der Waals surface area contributed by atoms with Gasteiger partial charge in [-0.2, -0.15) is 0 Å². The average molecular weight is 132 g/mol. The summed E-state index contributed by atoms with van der Waals surface area (Å²) >= 11 is 0. The fraction of sp³-hybridized carbons (Fsp3) is 1.00. The lowest BCUT2D eigenvalue weighted by molar-refractivity contribution is 0.302. The molecule has 0 aromatic rings. The Morgan fingerprint density at radius 1 is 1.33 bits per heavy atom. The summed E-state index contributed by atoms with van der Waals surface area (Å²) in [6.45, 7) is 8.63. The Morgan fingerprint density at radius 2 is 1.89 bits per heavy atom. The van der Waals surface area contributed by atoms with Gasteiger partial charge in [-0.25, -0.2) is 0 Å². The van der Waals surface area contributed by atoms with E-state index in [-0.39, 0.29) is 1.43 Å². The van der Waals surface area contributed by atoms with Gasteiger partial charge in [-0.05, 0) is 32.6 Å². The van der Waals surface area contributed by atoms with E-state index in [0.29, 0.717) is 0 Å². The van der Waals surface area contributed by atoms with Crippen molar-refractivity contribution >= 4 is 0 Å². The van der Waals surface area contributed by atoms with Crippen LogP contribution in [0.3, 0.4) is 0 Å². The van der Waals surface area contributed by atoms with Crippen LogP contribution >= 0.6 is 0 Å². The molecule has 0 radical (unpaired) electrons. The second-order valence-corrected chi connectivity index (χ2v) is 2.17. The van der Waals surface area contributed by atoms with Crippen LogP contribution in [0.5, 0.6) is 0 Å². The van der Waals surface area contributed by atoms with Gasteiger partial charge in [0.25, 0.3) is 0 Å². The number of nitrogens with zero attached hydrogens (tertiary/aromatic N) is 1. The van der Waals surface area contributed by atoms with Crippen molar-refractivity contribution in [3.05, 3.63) is 0 Å². The predicted molar refractivity (Wildman–Crippen MR) is 43.6 cm³/mol. The maximum absolute atomic E-state index is 5.36. The molecule has 9 heavy (non-hydrogen) atoms. The topological polar surface area (TPSA) is 29.3 Å². The summed E-state index contributed by atoms with van der Waals surface area (Å²) in [5, 5.41) is 0. The first-order valence-corrected chi connectivity index (χ1v) is 3.77. The van der Waals surface area contributed by atoms with Crippen LogP contribution in [-0.4, -0.2) is 31.1 Å². The largest absolute Gasteiger partial charge is 0.330 e. The van der Waals surface area contributed by atoms with Crippen LogP contribution in [0.1, 0.15) is 21.7 Å². The maximum atomic E-state index is 5.36. The molecular weight excluding hydrogens is 112 g/mol. The van der Waals surface area contributed by atoms with Gasteiger partial charge in [0.1, 0.15) is 0 Å².